The molecule has 1 aliphatic heterocycles. The van der Waals surface area contributed by atoms with Crippen LogP contribution in [-0.2, 0) is 14.3 Å². The van der Waals surface area contributed by atoms with Crippen LogP contribution in [0.5, 0.6) is 0 Å². The number of carbonyl (C=O) groups is 2. The highest BCUT2D eigenvalue weighted by atomic mass is 16.6. The van der Waals surface area contributed by atoms with Crippen molar-refractivity contribution in [1.82, 2.24) is 4.90 Å². The molecule has 0 saturated carbocycles. The van der Waals surface area contributed by atoms with Crippen LogP contribution in [0.25, 0.3) is 0 Å². The fourth-order valence-electron chi connectivity index (χ4n) is 1.34. The molecule has 86 valence electrons. The van der Waals surface area contributed by atoms with Crippen molar-refractivity contribution in [1.29, 1.82) is 0 Å². The molecule has 0 atom stereocenters. The first-order valence-corrected chi connectivity index (χ1v) is 5.18. The summed E-state index contributed by atoms with van der Waals surface area (Å²) in [6, 6.07) is 0. The predicted octanol–water partition coefficient (Wildman–Crippen LogP) is 1.03. The van der Waals surface area contributed by atoms with Crippen molar-refractivity contribution in [3.05, 3.63) is 0 Å². The van der Waals surface area contributed by atoms with Crippen LogP contribution in [0.15, 0.2) is 0 Å². The first-order chi connectivity index (χ1) is 7.19. The lowest BCUT2D eigenvalue weighted by Gasteiger charge is -2.36. The summed E-state index contributed by atoms with van der Waals surface area (Å²) in [5, 5.41) is 0. The first kappa shape index (κ1) is 11.8. The van der Waals surface area contributed by atoms with E-state index in [1.54, 1.807) is 0 Å². The van der Waals surface area contributed by atoms with Gasteiger partial charge in [0, 0.05) is 13.1 Å². The third-order valence-corrected chi connectivity index (χ3v) is 2.40. The van der Waals surface area contributed by atoms with Gasteiger partial charge in [-0.05, 0) is 6.42 Å². The van der Waals surface area contributed by atoms with E-state index < -0.39 is 0 Å². The Morgan fingerprint density at radius 3 is 2.60 bits per heavy atom. The van der Waals surface area contributed by atoms with E-state index in [1.807, 2.05) is 6.92 Å². The smallest absolute Gasteiger partial charge is 0.409 e. The maximum absolute atomic E-state index is 11.3. The molecule has 15 heavy (non-hydrogen) atoms. The van der Waals surface area contributed by atoms with Crippen LogP contribution in [0.2, 0.25) is 0 Å². The van der Waals surface area contributed by atoms with Gasteiger partial charge in [-0.3, -0.25) is 4.79 Å². The molecular weight excluding hydrogens is 198 g/mol. The van der Waals surface area contributed by atoms with Crippen molar-refractivity contribution in [3.8, 4) is 0 Å². The average Bonchev–Trinajstić information content (AvgIpc) is 2.15. The highest BCUT2D eigenvalue weighted by Crippen LogP contribution is 2.17. The van der Waals surface area contributed by atoms with Gasteiger partial charge < -0.3 is 14.4 Å². The molecule has 0 bridgehead atoms. The molecule has 1 heterocycles. The van der Waals surface area contributed by atoms with Gasteiger partial charge in [-0.2, -0.15) is 0 Å². The predicted molar refractivity (Wildman–Crippen MR) is 53.3 cm³/mol. The zero-order valence-electron chi connectivity index (χ0n) is 9.19. The van der Waals surface area contributed by atoms with Gasteiger partial charge in [0.1, 0.15) is 0 Å². The van der Waals surface area contributed by atoms with Gasteiger partial charge in [0.25, 0.3) is 0 Å². The summed E-state index contributed by atoms with van der Waals surface area (Å²) in [6.45, 7) is 3.31. The molecule has 0 aromatic rings. The van der Waals surface area contributed by atoms with Gasteiger partial charge in [-0.1, -0.05) is 13.3 Å². The van der Waals surface area contributed by atoms with Gasteiger partial charge in [-0.15, -0.1) is 0 Å². The molecule has 1 aliphatic rings. The van der Waals surface area contributed by atoms with Crippen molar-refractivity contribution < 1.29 is 19.1 Å². The minimum absolute atomic E-state index is 0.172. The highest BCUT2D eigenvalue weighted by molar-refractivity contribution is 5.78. The van der Waals surface area contributed by atoms with Gasteiger partial charge in [0.15, 0.2) is 0 Å². The lowest BCUT2D eigenvalue weighted by Crippen LogP contribution is -2.53. The van der Waals surface area contributed by atoms with Crippen LogP contribution in [0.3, 0.4) is 0 Å². The Hall–Kier alpha value is -1.26. The molecule has 0 aromatic heterocycles. The number of methoxy groups -OCH3 is 1. The van der Waals surface area contributed by atoms with Gasteiger partial charge in [0.2, 0.25) is 0 Å². The maximum Gasteiger partial charge on any atom is 0.409 e. The summed E-state index contributed by atoms with van der Waals surface area (Å²) in [5.41, 5.74) is 0. The average molecular weight is 215 g/mol. The minimum Gasteiger partial charge on any atom is -0.469 e. The second kappa shape index (κ2) is 5.58. The zero-order chi connectivity index (χ0) is 11.3. The Bertz CT molecular complexity index is 236. The lowest BCUT2D eigenvalue weighted by atomic mass is 10.0. The van der Waals surface area contributed by atoms with Crippen LogP contribution >= 0.6 is 0 Å². The van der Waals surface area contributed by atoms with E-state index in [0.29, 0.717) is 19.7 Å². The number of hydrogen-bond acceptors (Lipinski definition) is 4. The standard InChI is InChI=1S/C10H17NO4/c1-3-4-5-15-10(13)11-6-8(7-11)9(12)14-2/h8H,3-7H2,1-2H3. The van der Waals surface area contributed by atoms with Gasteiger partial charge in [0.05, 0.1) is 19.6 Å². The lowest BCUT2D eigenvalue weighted by molar-refractivity contribution is -0.150. The number of amides is 1. The normalized spacial score (nSPS) is 15.7. The third kappa shape index (κ3) is 3.11. The Morgan fingerprint density at radius 1 is 1.40 bits per heavy atom. The van der Waals surface area contributed by atoms with Crippen LogP contribution in [0.1, 0.15) is 19.8 Å². The molecule has 0 radical (unpaired) electrons. The molecule has 5 nitrogen and oxygen atoms in total. The van der Waals surface area contributed by atoms with Crippen molar-refractivity contribution in [2.45, 2.75) is 19.8 Å². The van der Waals surface area contributed by atoms with Crippen molar-refractivity contribution in [3.63, 3.8) is 0 Å². The highest BCUT2D eigenvalue weighted by Gasteiger charge is 2.37. The van der Waals surface area contributed by atoms with E-state index in [9.17, 15) is 9.59 Å². The molecule has 0 spiro atoms. The number of hydrogen-bond donors (Lipinski definition) is 0. The summed E-state index contributed by atoms with van der Waals surface area (Å²) in [6.07, 6.45) is 1.54. The summed E-state index contributed by atoms with van der Waals surface area (Å²) in [5.74, 6) is -0.429. The third-order valence-electron chi connectivity index (χ3n) is 2.40. The maximum atomic E-state index is 11.3. The monoisotopic (exact) mass is 215 g/mol. The molecule has 0 unspecified atom stereocenters. The summed E-state index contributed by atoms with van der Waals surface area (Å²) in [4.78, 5) is 23.8. The Kier molecular flexibility index (Phi) is 4.39. The summed E-state index contributed by atoms with van der Waals surface area (Å²) >= 11 is 0. The fraction of sp³-hybridized carbons (Fsp3) is 0.800. The van der Waals surface area contributed by atoms with Crippen LogP contribution in [-0.4, -0.2) is 43.8 Å². The number of ether oxygens (including phenoxy) is 2. The van der Waals surface area contributed by atoms with Crippen molar-refractivity contribution >= 4 is 12.1 Å². The molecule has 0 aliphatic carbocycles. The van der Waals surface area contributed by atoms with E-state index in [4.69, 9.17) is 4.74 Å². The van der Waals surface area contributed by atoms with E-state index in [-0.39, 0.29) is 18.0 Å². The summed E-state index contributed by atoms with van der Waals surface area (Å²) < 4.78 is 9.55. The first-order valence-electron chi connectivity index (χ1n) is 5.18. The Balaban J connectivity index is 2.15. The van der Waals surface area contributed by atoms with E-state index in [0.717, 1.165) is 12.8 Å². The molecule has 0 N–H and O–H groups in total. The van der Waals surface area contributed by atoms with Crippen LogP contribution < -0.4 is 0 Å². The number of carbonyl (C=O) groups excluding carboxylic acids is 2. The topological polar surface area (TPSA) is 55.8 Å². The molecule has 1 amide bonds. The molecule has 5 heteroatoms. The van der Waals surface area contributed by atoms with E-state index >= 15 is 0 Å². The number of likely N-dealkylation sites (tertiary alicyclic amines) is 1. The van der Waals surface area contributed by atoms with Crippen molar-refractivity contribution in [2.75, 3.05) is 26.8 Å². The minimum atomic E-state index is -0.330. The Morgan fingerprint density at radius 2 is 2.07 bits per heavy atom. The molecule has 1 rings (SSSR count). The SMILES string of the molecule is CCCCOC(=O)N1CC(C(=O)OC)C1. The van der Waals surface area contributed by atoms with Crippen LogP contribution in [0, 0.1) is 5.92 Å². The largest absolute Gasteiger partial charge is 0.469 e. The van der Waals surface area contributed by atoms with Gasteiger partial charge >= 0.3 is 12.1 Å². The second-order valence-electron chi connectivity index (χ2n) is 3.59. The second-order valence-corrected chi connectivity index (χ2v) is 3.59. The number of nitrogens with zero attached hydrogens (tertiary/aromatic N) is 1. The number of rotatable bonds is 4. The van der Waals surface area contributed by atoms with E-state index in [1.165, 1.54) is 12.0 Å². The molecule has 1 saturated heterocycles. The molecule has 1 fully saturated rings. The summed E-state index contributed by atoms with van der Waals surface area (Å²) in [7, 11) is 1.35. The van der Waals surface area contributed by atoms with Crippen molar-refractivity contribution in [2.24, 2.45) is 5.92 Å². The molecular formula is C10H17NO4. The molecule has 0 aromatic carbocycles. The van der Waals surface area contributed by atoms with Crippen LogP contribution in [0.4, 0.5) is 4.79 Å². The quantitative estimate of drug-likeness (QED) is 0.519. The van der Waals surface area contributed by atoms with E-state index in [2.05, 4.69) is 4.74 Å². The zero-order valence-corrected chi connectivity index (χ0v) is 9.19. The fourth-order valence-corrected chi connectivity index (χ4v) is 1.34. The van der Waals surface area contributed by atoms with Gasteiger partial charge in [-0.25, -0.2) is 4.79 Å². The number of unbranched alkanes of at least 4 members (excludes halogenated alkanes) is 1. The Labute approximate surface area is 89.3 Å². The number of esters is 1.